The molecule has 1 aliphatic heterocycles. The van der Waals surface area contributed by atoms with Crippen LogP contribution in [0, 0.1) is 6.92 Å². The average Bonchev–Trinajstić information content (AvgIpc) is 3.10. The summed E-state index contributed by atoms with van der Waals surface area (Å²) in [5.41, 5.74) is 5.80. The summed E-state index contributed by atoms with van der Waals surface area (Å²) in [6, 6.07) is 18.0. The Bertz CT molecular complexity index is 1380. The molecular weight excluding hydrogens is 584 g/mol. The van der Waals surface area contributed by atoms with Gasteiger partial charge in [0.2, 0.25) is 0 Å². The molecule has 3 aromatic carbocycles. The number of thioether (sulfide) groups is 1. The molecule has 36 heavy (non-hydrogen) atoms. The number of hydrazine groups is 1. The third-order valence-electron chi connectivity index (χ3n) is 5.13. The molecule has 4 rings (SSSR count). The van der Waals surface area contributed by atoms with Crippen molar-refractivity contribution in [1.82, 2.24) is 10.4 Å². The van der Waals surface area contributed by atoms with Crippen molar-refractivity contribution in [1.29, 1.82) is 0 Å². The van der Waals surface area contributed by atoms with Gasteiger partial charge in [0.05, 0.1) is 16.5 Å². The standard InChI is InChI=1S/C26H20BrClN2O4S2/c1-15-4-3-5-16(10-15)14-34-23-20(27)11-17(12-21(23)33-2)13-22-25(32)30(26(35)36-22)29-24(31)18-6-8-19(28)9-7-18/h3-13H,14H2,1-2H3,(H,29,31)/b22-13+. The molecule has 0 aromatic heterocycles. The van der Waals surface area contributed by atoms with Crippen LogP contribution in [0.1, 0.15) is 27.0 Å². The first kappa shape index (κ1) is 26.2. The van der Waals surface area contributed by atoms with E-state index in [2.05, 4.69) is 27.4 Å². The van der Waals surface area contributed by atoms with Crippen molar-refractivity contribution in [3.63, 3.8) is 0 Å². The minimum atomic E-state index is -0.469. The number of benzene rings is 3. The summed E-state index contributed by atoms with van der Waals surface area (Å²) in [6.45, 7) is 2.41. The Labute approximate surface area is 231 Å². The molecule has 10 heteroatoms. The van der Waals surface area contributed by atoms with Crippen molar-refractivity contribution in [2.45, 2.75) is 13.5 Å². The van der Waals surface area contributed by atoms with Crippen LogP contribution in [-0.2, 0) is 11.4 Å². The quantitative estimate of drug-likeness (QED) is 0.244. The normalized spacial score (nSPS) is 14.3. The zero-order valence-corrected chi connectivity index (χ0v) is 23.2. The van der Waals surface area contributed by atoms with Crippen LogP contribution in [0.5, 0.6) is 11.5 Å². The Balaban J connectivity index is 1.51. The summed E-state index contributed by atoms with van der Waals surface area (Å²) in [5.74, 6) is 0.166. The molecule has 1 aliphatic rings. The van der Waals surface area contributed by atoms with Crippen molar-refractivity contribution < 1.29 is 19.1 Å². The van der Waals surface area contributed by atoms with Gasteiger partial charge in [-0.15, -0.1) is 0 Å². The predicted octanol–water partition coefficient (Wildman–Crippen LogP) is 6.54. The highest BCUT2D eigenvalue weighted by atomic mass is 79.9. The monoisotopic (exact) mass is 602 g/mol. The molecule has 2 amide bonds. The van der Waals surface area contributed by atoms with Crippen LogP contribution in [-0.4, -0.2) is 28.3 Å². The number of halogens is 2. The van der Waals surface area contributed by atoms with Crippen molar-refractivity contribution in [3.05, 3.63) is 97.3 Å². The minimum absolute atomic E-state index is 0.220. The molecule has 0 bridgehead atoms. The van der Waals surface area contributed by atoms with Crippen molar-refractivity contribution in [2.75, 3.05) is 7.11 Å². The summed E-state index contributed by atoms with van der Waals surface area (Å²) in [7, 11) is 1.55. The van der Waals surface area contributed by atoms with Crippen molar-refractivity contribution in [2.24, 2.45) is 0 Å². The van der Waals surface area contributed by atoms with Gasteiger partial charge in [0.15, 0.2) is 15.8 Å². The van der Waals surface area contributed by atoms with Crippen LogP contribution in [0.3, 0.4) is 0 Å². The van der Waals surface area contributed by atoms with Crippen LogP contribution in [0.25, 0.3) is 6.08 Å². The van der Waals surface area contributed by atoms with Gasteiger partial charge in [0, 0.05) is 10.6 Å². The first-order valence-electron chi connectivity index (χ1n) is 10.7. The number of rotatable bonds is 7. The number of ether oxygens (including phenoxy) is 2. The van der Waals surface area contributed by atoms with E-state index in [-0.39, 0.29) is 4.32 Å². The van der Waals surface area contributed by atoms with Gasteiger partial charge >= 0.3 is 0 Å². The van der Waals surface area contributed by atoms with Crippen LogP contribution in [0.4, 0.5) is 0 Å². The van der Waals surface area contributed by atoms with Crippen LogP contribution in [0.2, 0.25) is 5.02 Å². The third kappa shape index (κ3) is 6.10. The van der Waals surface area contributed by atoms with E-state index < -0.39 is 11.8 Å². The second kappa shape index (κ2) is 11.5. The number of amides is 2. The molecule has 0 saturated carbocycles. The molecule has 0 unspecified atom stereocenters. The second-order valence-corrected chi connectivity index (χ2v) is 10.7. The van der Waals surface area contributed by atoms with E-state index in [4.69, 9.17) is 33.3 Å². The highest BCUT2D eigenvalue weighted by Crippen LogP contribution is 2.39. The van der Waals surface area contributed by atoms with Gasteiger partial charge in [-0.2, -0.15) is 5.01 Å². The van der Waals surface area contributed by atoms with Crippen LogP contribution in [0.15, 0.2) is 70.0 Å². The average molecular weight is 604 g/mol. The lowest BCUT2D eigenvalue weighted by Crippen LogP contribution is -2.44. The second-order valence-electron chi connectivity index (χ2n) is 7.78. The number of hydrogen-bond acceptors (Lipinski definition) is 6. The molecule has 0 atom stereocenters. The number of methoxy groups -OCH3 is 1. The first-order valence-corrected chi connectivity index (χ1v) is 13.0. The fourth-order valence-electron chi connectivity index (χ4n) is 3.40. The molecule has 1 fully saturated rings. The van der Waals surface area contributed by atoms with E-state index in [1.807, 2.05) is 31.2 Å². The number of hydrogen-bond donors (Lipinski definition) is 1. The maximum atomic E-state index is 13.0. The number of nitrogens with zero attached hydrogens (tertiary/aromatic N) is 1. The Morgan fingerprint density at radius 1 is 1.19 bits per heavy atom. The predicted molar refractivity (Wildman–Crippen MR) is 150 cm³/mol. The number of carbonyl (C=O) groups is 2. The van der Waals surface area contributed by atoms with Crippen LogP contribution < -0.4 is 14.9 Å². The van der Waals surface area contributed by atoms with E-state index in [1.165, 1.54) is 0 Å². The lowest BCUT2D eigenvalue weighted by molar-refractivity contribution is -0.123. The Kier molecular flexibility index (Phi) is 8.35. The smallest absolute Gasteiger partial charge is 0.285 e. The summed E-state index contributed by atoms with van der Waals surface area (Å²) >= 11 is 15.8. The lowest BCUT2D eigenvalue weighted by Gasteiger charge is -2.15. The number of thiocarbonyl (C=S) groups is 1. The zero-order chi connectivity index (χ0) is 25.8. The first-order chi connectivity index (χ1) is 17.2. The van der Waals surface area contributed by atoms with E-state index in [0.717, 1.165) is 27.9 Å². The lowest BCUT2D eigenvalue weighted by atomic mass is 10.1. The van der Waals surface area contributed by atoms with Gasteiger partial charge in [0.1, 0.15) is 6.61 Å². The minimum Gasteiger partial charge on any atom is -0.493 e. The molecule has 1 heterocycles. The van der Waals surface area contributed by atoms with E-state index >= 15 is 0 Å². The van der Waals surface area contributed by atoms with E-state index in [9.17, 15) is 9.59 Å². The Morgan fingerprint density at radius 2 is 1.94 bits per heavy atom. The molecule has 0 aliphatic carbocycles. The SMILES string of the molecule is COc1cc(/C=C2/SC(=S)N(NC(=O)c3ccc(Cl)cc3)C2=O)cc(Br)c1OCc1cccc(C)c1. The fourth-order valence-corrected chi connectivity index (χ4v) is 5.28. The summed E-state index contributed by atoms with van der Waals surface area (Å²) in [5, 5.41) is 1.57. The fraction of sp³-hybridized carbons (Fsp3) is 0.115. The van der Waals surface area contributed by atoms with Gasteiger partial charge in [-0.05, 0) is 88.7 Å². The molecule has 3 aromatic rings. The van der Waals surface area contributed by atoms with Crippen LogP contribution >= 0.6 is 51.5 Å². The third-order valence-corrected chi connectivity index (χ3v) is 7.27. The van der Waals surface area contributed by atoms with E-state index in [1.54, 1.807) is 43.5 Å². The van der Waals surface area contributed by atoms with Crippen molar-refractivity contribution in [3.8, 4) is 11.5 Å². The topological polar surface area (TPSA) is 67.9 Å². The number of carbonyl (C=O) groups excluding carboxylic acids is 2. The highest BCUT2D eigenvalue weighted by Gasteiger charge is 2.34. The Morgan fingerprint density at radius 3 is 2.64 bits per heavy atom. The number of aryl methyl sites for hydroxylation is 1. The van der Waals surface area contributed by atoms with Gasteiger partial charge in [-0.3, -0.25) is 15.0 Å². The maximum absolute atomic E-state index is 13.0. The summed E-state index contributed by atoms with van der Waals surface area (Å²) in [4.78, 5) is 25.9. The Hall–Kier alpha value is -2.85. The molecule has 1 N–H and O–H groups in total. The zero-order valence-electron chi connectivity index (χ0n) is 19.2. The molecule has 6 nitrogen and oxygen atoms in total. The van der Waals surface area contributed by atoms with Gasteiger partial charge < -0.3 is 9.47 Å². The molecule has 0 spiro atoms. The summed E-state index contributed by atoms with van der Waals surface area (Å²) < 4.78 is 12.5. The van der Waals surface area contributed by atoms with Gasteiger partial charge in [-0.25, -0.2) is 0 Å². The largest absolute Gasteiger partial charge is 0.493 e. The highest BCUT2D eigenvalue weighted by molar-refractivity contribution is 9.10. The number of nitrogens with one attached hydrogen (secondary N) is 1. The van der Waals surface area contributed by atoms with E-state index in [0.29, 0.717) is 43.6 Å². The van der Waals surface area contributed by atoms with Gasteiger partial charge in [-0.1, -0.05) is 53.2 Å². The molecular formula is C26H20BrClN2O4S2. The molecule has 1 saturated heterocycles. The van der Waals surface area contributed by atoms with Gasteiger partial charge in [0.25, 0.3) is 11.8 Å². The summed E-state index contributed by atoms with van der Waals surface area (Å²) in [6.07, 6.45) is 1.69. The molecule has 184 valence electrons. The van der Waals surface area contributed by atoms with Crippen molar-refractivity contribution >= 4 is 73.7 Å². The maximum Gasteiger partial charge on any atom is 0.285 e. The molecule has 0 radical (unpaired) electrons.